The van der Waals surface area contributed by atoms with E-state index in [9.17, 15) is 0 Å². The third-order valence-corrected chi connectivity index (χ3v) is 3.41. The molecule has 0 aromatic carbocycles. The fourth-order valence-electron chi connectivity index (χ4n) is 1.07. The Morgan fingerprint density at radius 2 is 2.25 bits per heavy atom. The zero-order valence-electron chi connectivity index (χ0n) is 10.2. The highest BCUT2D eigenvalue weighted by Crippen LogP contribution is 2.21. The number of ether oxygens (including phenoxy) is 1. The molecule has 0 radical (unpaired) electrons. The molecule has 2 N–H and O–H groups in total. The first-order valence-electron chi connectivity index (χ1n) is 5.48. The summed E-state index contributed by atoms with van der Waals surface area (Å²) in [6, 6.07) is 2.02. The Balaban J connectivity index is 2.64. The van der Waals surface area contributed by atoms with Crippen molar-refractivity contribution in [3.8, 4) is 11.8 Å². The van der Waals surface area contributed by atoms with Crippen LogP contribution in [0.15, 0.2) is 11.4 Å². The minimum absolute atomic E-state index is 0.0669. The standard InChI is InChI=1S/C13H19NOS/c1-4-13(2,3)15-10-12-11(6-5-8-14)7-9-16-12/h7,9H,4,8,10,14H2,1-3H3. The molecule has 1 aromatic rings. The van der Waals surface area contributed by atoms with E-state index < -0.39 is 0 Å². The van der Waals surface area contributed by atoms with Crippen LogP contribution in [0.2, 0.25) is 0 Å². The number of thiophene rings is 1. The van der Waals surface area contributed by atoms with E-state index in [2.05, 4.69) is 32.6 Å². The normalized spacial score (nSPS) is 11.0. The van der Waals surface area contributed by atoms with Crippen molar-refractivity contribution in [1.29, 1.82) is 0 Å². The van der Waals surface area contributed by atoms with Crippen molar-refractivity contribution in [1.82, 2.24) is 0 Å². The largest absolute Gasteiger partial charge is 0.370 e. The van der Waals surface area contributed by atoms with Gasteiger partial charge in [0.1, 0.15) is 0 Å². The molecule has 0 fully saturated rings. The van der Waals surface area contributed by atoms with Crippen LogP contribution >= 0.6 is 11.3 Å². The topological polar surface area (TPSA) is 35.2 Å². The summed E-state index contributed by atoms with van der Waals surface area (Å²) in [6.07, 6.45) is 1.00. The molecule has 0 aliphatic carbocycles. The van der Waals surface area contributed by atoms with Crippen LogP contribution in [0.1, 0.15) is 37.6 Å². The van der Waals surface area contributed by atoms with Gasteiger partial charge in [-0.3, -0.25) is 0 Å². The van der Waals surface area contributed by atoms with Gasteiger partial charge >= 0.3 is 0 Å². The number of nitrogens with two attached hydrogens (primary N) is 1. The van der Waals surface area contributed by atoms with Crippen molar-refractivity contribution in [3.63, 3.8) is 0 Å². The molecular weight excluding hydrogens is 218 g/mol. The van der Waals surface area contributed by atoms with Gasteiger partial charge < -0.3 is 10.5 Å². The first-order valence-corrected chi connectivity index (χ1v) is 6.36. The van der Waals surface area contributed by atoms with Gasteiger partial charge in [0, 0.05) is 10.4 Å². The molecule has 0 bridgehead atoms. The maximum atomic E-state index is 5.86. The summed E-state index contributed by atoms with van der Waals surface area (Å²) in [6.45, 7) is 7.37. The van der Waals surface area contributed by atoms with Gasteiger partial charge in [-0.05, 0) is 31.7 Å². The van der Waals surface area contributed by atoms with Crippen molar-refractivity contribution in [2.45, 2.75) is 39.4 Å². The van der Waals surface area contributed by atoms with Crippen LogP contribution < -0.4 is 5.73 Å². The lowest BCUT2D eigenvalue weighted by atomic mass is 10.1. The van der Waals surface area contributed by atoms with Crippen molar-refractivity contribution < 1.29 is 4.74 Å². The van der Waals surface area contributed by atoms with Crippen molar-refractivity contribution in [2.24, 2.45) is 5.73 Å². The van der Waals surface area contributed by atoms with Crippen molar-refractivity contribution >= 4 is 11.3 Å². The van der Waals surface area contributed by atoms with Gasteiger partial charge in [0.15, 0.2) is 0 Å². The molecule has 0 amide bonds. The minimum atomic E-state index is -0.0669. The Morgan fingerprint density at radius 1 is 1.50 bits per heavy atom. The molecule has 0 aliphatic heterocycles. The molecule has 2 nitrogen and oxygen atoms in total. The molecule has 16 heavy (non-hydrogen) atoms. The molecule has 1 rings (SSSR count). The van der Waals surface area contributed by atoms with Crippen LogP contribution in [-0.4, -0.2) is 12.1 Å². The van der Waals surface area contributed by atoms with Crippen LogP contribution in [-0.2, 0) is 11.3 Å². The van der Waals surface area contributed by atoms with Gasteiger partial charge in [0.25, 0.3) is 0 Å². The zero-order chi connectivity index (χ0) is 12.0. The van der Waals surface area contributed by atoms with E-state index in [0.29, 0.717) is 13.2 Å². The second-order valence-electron chi connectivity index (χ2n) is 4.17. The zero-order valence-corrected chi connectivity index (χ0v) is 11.0. The van der Waals surface area contributed by atoms with Gasteiger partial charge in [-0.25, -0.2) is 0 Å². The first kappa shape index (κ1) is 13.2. The Morgan fingerprint density at radius 3 is 2.88 bits per heavy atom. The summed E-state index contributed by atoms with van der Waals surface area (Å²) >= 11 is 1.68. The Kier molecular flexibility index (Phi) is 5.01. The van der Waals surface area contributed by atoms with Gasteiger partial charge in [0.05, 0.1) is 18.8 Å². The average Bonchev–Trinajstić information content (AvgIpc) is 2.71. The van der Waals surface area contributed by atoms with Gasteiger partial charge in [0.2, 0.25) is 0 Å². The third-order valence-electron chi connectivity index (χ3n) is 2.52. The van der Waals surface area contributed by atoms with Gasteiger partial charge in [-0.15, -0.1) is 11.3 Å². The van der Waals surface area contributed by atoms with Crippen LogP contribution in [0.25, 0.3) is 0 Å². The van der Waals surface area contributed by atoms with Crippen LogP contribution in [0.4, 0.5) is 0 Å². The fraction of sp³-hybridized carbons (Fsp3) is 0.538. The summed E-state index contributed by atoms with van der Waals surface area (Å²) < 4.78 is 5.86. The summed E-state index contributed by atoms with van der Waals surface area (Å²) in [4.78, 5) is 1.18. The molecule has 0 unspecified atom stereocenters. The second-order valence-corrected chi connectivity index (χ2v) is 5.17. The predicted molar refractivity (Wildman–Crippen MR) is 69.4 cm³/mol. The molecule has 0 atom stereocenters. The number of hydrogen-bond acceptors (Lipinski definition) is 3. The lowest BCUT2D eigenvalue weighted by molar-refractivity contribution is -0.0304. The lowest BCUT2D eigenvalue weighted by Crippen LogP contribution is -2.22. The molecular formula is C13H19NOS. The summed E-state index contributed by atoms with van der Waals surface area (Å²) in [5, 5.41) is 2.04. The van der Waals surface area contributed by atoms with E-state index in [4.69, 9.17) is 10.5 Å². The van der Waals surface area contributed by atoms with E-state index >= 15 is 0 Å². The summed E-state index contributed by atoms with van der Waals surface area (Å²) in [5.41, 5.74) is 6.34. The highest BCUT2D eigenvalue weighted by Gasteiger charge is 2.16. The average molecular weight is 237 g/mol. The van der Waals surface area contributed by atoms with E-state index in [1.807, 2.05) is 11.4 Å². The smallest absolute Gasteiger partial charge is 0.0829 e. The third kappa shape index (κ3) is 3.97. The van der Waals surface area contributed by atoms with E-state index in [-0.39, 0.29) is 5.60 Å². The maximum Gasteiger partial charge on any atom is 0.0829 e. The molecule has 0 saturated carbocycles. The van der Waals surface area contributed by atoms with E-state index in [1.165, 1.54) is 4.88 Å². The number of rotatable bonds is 4. The second kappa shape index (κ2) is 6.05. The van der Waals surface area contributed by atoms with E-state index in [1.54, 1.807) is 11.3 Å². The van der Waals surface area contributed by atoms with Crippen molar-refractivity contribution in [2.75, 3.05) is 6.54 Å². The predicted octanol–water partition coefficient (Wildman–Crippen LogP) is 2.76. The SMILES string of the molecule is CCC(C)(C)OCc1sccc1C#CCN. The minimum Gasteiger partial charge on any atom is -0.370 e. The monoisotopic (exact) mass is 237 g/mol. The Bertz CT molecular complexity index is 384. The quantitative estimate of drug-likeness (QED) is 0.817. The first-order chi connectivity index (χ1) is 7.59. The fourth-order valence-corrected chi connectivity index (χ4v) is 1.81. The highest BCUT2D eigenvalue weighted by molar-refractivity contribution is 7.10. The molecule has 88 valence electrons. The molecule has 3 heteroatoms. The number of hydrogen-bond donors (Lipinski definition) is 1. The Hall–Kier alpha value is -0.820. The van der Waals surface area contributed by atoms with Crippen molar-refractivity contribution in [3.05, 3.63) is 21.9 Å². The molecule has 1 aromatic heterocycles. The molecule has 0 aliphatic rings. The maximum absolute atomic E-state index is 5.86. The van der Waals surface area contributed by atoms with Crippen LogP contribution in [0.5, 0.6) is 0 Å². The van der Waals surface area contributed by atoms with Gasteiger partial charge in [-0.2, -0.15) is 0 Å². The summed E-state index contributed by atoms with van der Waals surface area (Å²) in [5.74, 6) is 5.93. The van der Waals surface area contributed by atoms with Crippen LogP contribution in [0, 0.1) is 11.8 Å². The molecule has 0 spiro atoms. The Labute approximate surface area is 102 Å². The summed E-state index contributed by atoms with van der Waals surface area (Å²) in [7, 11) is 0. The molecule has 1 heterocycles. The molecule has 0 saturated heterocycles. The van der Waals surface area contributed by atoms with E-state index in [0.717, 1.165) is 12.0 Å². The lowest BCUT2D eigenvalue weighted by Gasteiger charge is -2.23. The van der Waals surface area contributed by atoms with Crippen LogP contribution in [0.3, 0.4) is 0 Å². The van der Waals surface area contributed by atoms with Gasteiger partial charge in [-0.1, -0.05) is 18.8 Å². The highest BCUT2D eigenvalue weighted by atomic mass is 32.1.